The first kappa shape index (κ1) is 14.9. The molecule has 0 aliphatic heterocycles. The number of hydrogen-bond donors (Lipinski definition) is 3. The van der Waals surface area contributed by atoms with Gasteiger partial charge in [-0.05, 0) is 31.4 Å². The molecule has 0 atom stereocenters. The van der Waals surface area contributed by atoms with Crippen LogP contribution in [0.15, 0.2) is 18.5 Å². The highest BCUT2D eigenvalue weighted by Gasteiger charge is 2.36. The van der Waals surface area contributed by atoms with E-state index in [0.29, 0.717) is 18.5 Å². The number of carboxylic acid groups (broad SMARTS) is 1. The van der Waals surface area contributed by atoms with Crippen LogP contribution in [0.2, 0.25) is 0 Å². The summed E-state index contributed by atoms with van der Waals surface area (Å²) >= 11 is 0. The Morgan fingerprint density at radius 3 is 2.47 bits per heavy atom. The van der Waals surface area contributed by atoms with Gasteiger partial charge in [0.2, 0.25) is 0 Å². The number of nitrogens with one attached hydrogen (secondary N) is 2. The molecule has 0 saturated heterocycles. The minimum atomic E-state index is -1.24. The number of hydrogen-bond acceptors (Lipinski definition) is 3. The average molecular weight is 265 g/mol. The summed E-state index contributed by atoms with van der Waals surface area (Å²) < 4.78 is 0. The van der Waals surface area contributed by atoms with Gasteiger partial charge in [-0.2, -0.15) is 0 Å². The van der Waals surface area contributed by atoms with E-state index in [4.69, 9.17) is 0 Å². The molecular formula is C13H19N3O3. The molecule has 0 aliphatic carbocycles. The number of aliphatic carboxylic acids is 1. The summed E-state index contributed by atoms with van der Waals surface area (Å²) in [7, 11) is 0. The summed E-state index contributed by atoms with van der Waals surface area (Å²) in [6, 6.07) is 1.22. The largest absolute Gasteiger partial charge is 0.480 e. The number of urea groups is 1. The highest BCUT2D eigenvalue weighted by atomic mass is 16.4. The van der Waals surface area contributed by atoms with Crippen molar-refractivity contribution >= 4 is 17.7 Å². The van der Waals surface area contributed by atoms with Gasteiger partial charge in [-0.3, -0.25) is 4.98 Å². The quantitative estimate of drug-likeness (QED) is 0.760. The molecule has 6 nitrogen and oxygen atoms in total. The van der Waals surface area contributed by atoms with Crippen LogP contribution in [-0.2, 0) is 4.79 Å². The number of carbonyl (C=O) groups excluding carboxylic acids is 1. The van der Waals surface area contributed by atoms with Crippen molar-refractivity contribution in [2.24, 2.45) is 0 Å². The smallest absolute Gasteiger partial charge is 0.329 e. The van der Waals surface area contributed by atoms with E-state index in [0.717, 1.165) is 5.56 Å². The molecule has 6 heteroatoms. The Hall–Kier alpha value is -2.11. The third-order valence-electron chi connectivity index (χ3n) is 3.26. The highest BCUT2D eigenvalue weighted by molar-refractivity contribution is 5.94. The third-order valence-corrected chi connectivity index (χ3v) is 3.26. The number of aromatic nitrogens is 1. The molecule has 0 fully saturated rings. The summed E-state index contributed by atoms with van der Waals surface area (Å²) in [6.07, 6.45) is 3.78. The Kier molecular flexibility index (Phi) is 4.86. The van der Waals surface area contributed by atoms with Gasteiger partial charge in [-0.25, -0.2) is 9.59 Å². The SMILES string of the molecule is CCC(CC)(NC(=O)Nc1cnccc1C)C(=O)O. The van der Waals surface area contributed by atoms with Crippen LogP contribution < -0.4 is 10.6 Å². The maximum absolute atomic E-state index is 11.9. The lowest BCUT2D eigenvalue weighted by molar-refractivity contribution is -0.144. The summed E-state index contributed by atoms with van der Waals surface area (Å²) in [6.45, 7) is 5.29. The molecule has 0 unspecified atom stereocenters. The van der Waals surface area contributed by atoms with Gasteiger partial charge in [0.25, 0.3) is 0 Å². The molecule has 104 valence electrons. The standard InChI is InChI=1S/C13H19N3O3/c1-4-13(5-2,11(17)18)16-12(19)15-10-8-14-7-6-9(10)3/h6-8H,4-5H2,1-3H3,(H,17,18)(H2,15,16,19). The lowest BCUT2D eigenvalue weighted by atomic mass is 9.93. The molecule has 1 aromatic heterocycles. The van der Waals surface area contributed by atoms with Crippen molar-refractivity contribution in [2.75, 3.05) is 5.32 Å². The zero-order chi connectivity index (χ0) is 14.5. The van der Waals surface area contributed by atoms with Gasteiger partial charge >= 0.3 is 12.0 Å². The van der Waals surface area contributed by atoms with Gasteiger partial charge < -0.3 is 15.7 Å². The van der Waals surface area contributed by atoms with Crippen LogP contribution in [-0.4, -0.2) is 27.6 Å². The van der Waals surface area contributed by atoms with Crippen LogP contribution >= 0.6 is 0 Å². The number of carboxylic acids is 1. The zero-order valence-corrected chi connectivity index (χ0v) is 11.4. The van der Waals surface area contributed by atoms with E-state index in [-0.39, 0.29) is 0 Å². The fourth-order valence-electron chi connectivity index (χ4n) is 1.75. The average Bonchev–Trinajstić information content (AvgIpc) is 2.38. The first-order chi connectivity index (χ1) is 8.95. The Balaban J connectivity index is 2.80. The third kappa shape index (κ3) is 3.43. The van der Waals surface area contributed by atoms with Gasteiger partial charge in [0.1, 0.15) is 5.54 Å². The maximum atomic E-state index is 11.9. The van der Waals surface area contributed by atoms with E-state index in [1.165, 1.54) is 6.20 Å². The van der Waals surface area contributed by atoms with Crippen molar-refractivity contribution in [3.63, 3.8) is 0 Å². The predicted molar refractivity (Wildman–Crippen MR) is 72.1 cm³/mol. The van der Waals surface area contributed by atoms with E-state index in [9.17, 15) is 14.7 Å². The van der Waals surface area contributed by atoms with Crippen LogP contribution in [0.5, 0.6) is 0 Å². The Morgan fingerprint density at radius 2 is 2.00 bits per heavy atom. The second-order valence-corrected chi connectivity index (χ2v) is 4.36. The number of anilines is 1. The molecule has 0 bridgehead atoms. The lowest BCUT2D eigenvalue weighted by Gasteiger charge is -2.28. The highest BCUT2D eigenvalue weighted by Crippen LogP contribution is 2.17. The molecular weight excluding hydrogens is 246 g/mol. The van der Waals surface area contributed by atoms with E-state index in [1.807, 2.05) is 6.92 Å². The zero-order valence-electron chi connectivity index (χ0n) is 11.4. The monoisotopic (exact) mass is 265 g/mol. The fourth-order valence-corrected chi connectivity index (χ4v) is 1.75. The van der Waals surface area contributed by atoms with E-state index in [2.05, 4.69) is 15.6 Å². The van der Waals surface area contributed by atoms with Crippen molar-refractivity contribution in [1.82, 2.24) is 10.3 Å². The molecule has 2 amide bonds. The van der Waals surface area contributed by atoms with Crippen molar-refractivity contribution in [1.29, 1.82) is 0 Å². The fraction of sp³-hybridized carbons (Fsp3) is 0.462. The van der Waals surface area contributed by atoms with E-state index < -0.39 is 17.5 Å². The van der Waals surface area contributed by atoms with Crippen molar-refractivity contribution < 1.29 is 14.7 Å². The summed E-state index contributed by atoms with van der Waals surface area (Å²) in [5.74, 6) is -1.03. The van der Waals surface area contributed by atoms with Crippen molar-refractivity contribution in [2.45, 2.75) is 39.2 Å². The second-order valence-electron chi connectivity index (χ2n) is 4.36. The Labute approximate surface area is 112 Å². The molecule has 1 rings (SSSR count). The number of carbonyl (C=O) groups is 2. The van der Waals surface area contributed by atoms with Crippen LogP contribution in [0.25, 0.3) is 0 Å². The van der Waals surface area contributed by atoms with Crippen LogP contribution in [0.3, 0.4) is 0 Å². The Morgan fingerprint density at radius 1 is 1.37 bits per heavy atom. The summed E-state index contributed by atoms with van der Waals surface area (Å²) in [5.41, 5.74) is 0.186. The first-order valence-electron chi connectivity index (χ1n) is 6.18. The van der Waals surface area contributed by atoms with Gasteiger partial charge in [0.05, 0.1) is 11.9 Å². The minimum absolute atomic E-state index is 0.318. The minimum Gasteiger partial charge on any atom is -0.480 e. The number of aryl methyl sites for hydroxylation is 1. The lowest BCUT2D eigenvalue weighted by Crippen LogP contribution is -2.55. The number of rotatable bonds is 5. The number of amides is 2. The molecule has 0 aliphatic rings. The molecule has 1 heterocycles. The number of pyridine rings is 1. The topological polar surface area (TPSA) is 91.3 Å². The van der Waals surface area contributed by atoms with Gasteiger partial charge in [0, 0.05) is 6.20 Å². The van der Waals surface area contributed by atoms with Crippen LogP contribution in [0.1, 0.15) is 32.3 Å². The molecule has 0 radical (unpaired) electrons. The summed E-state index contributed by atoms with van der Waals surface area (Å²) in [4.78, 5) is 27.1. The van der Waals surface area contributed by atoms with Gasteiger partial charge in [-0.15, -0.1) is 0 Å². The number of nitrogens with zero attached hydrogens (tertiary/aromatic N) is 1. The molecule has 3 N–H and O–H groups in total. The van der Waals surface area contributed by atoms with Gasteiger partial charge in [0.15, 0.2) is 0 Å². The van der Waals surface area contributed by atoms with E-state index >= 15 is 0 Å². The molecule has 0 saturated carbocycles. The van der Waals surface area contributed by atoms with Crippen molar-refractivity contribution in [3.8, 4) is 0 Å². The normalized spacial score (nSPS) is 10.9. The van der Waals surface area contributed by atoms with Crippen LogP contribution in [0, 0.1) is 6.92 Å². The maximum Gasteiger partial charge on any atom is 0.329 e. The van der Waals surface area contributed by atoms with E-state index in [1.54, 1.807) is 26.1 Å². The predicted octanol–water partition coefficient (Wildman–Crippen LogP) is 2.15. The van der Waals surface area contributed by atoms with Crippen LogP contribution in [0.4, 0.5) is 10.5 Å². The second kappa shape index (κ2) is 6.17. The molecule has 19 heavy (non-hydrogen) atoms. The Bertz CT molecular complexity index is 470. The van der Waals surface area contributed by atoms with Gasteiger partial charge in [-0.1, -0.05) is 13.8 Å². The molecule has 0 spiro atoms. The first-order valence-corrected chi connectivity index (χ1v) is 6.18. The van der Waals surface area contributed by atoms with Crippen molar-refractivity contribution in [3.05, 3.63) is 24.0 Å². The summed E-state index contributed by atoms with van der Waals surface area (Å²) in [5, 5.41) is 14.4. The molecule has 1 aromatic rings. The molecule has 0 aromatic carbocycles.